The number of rotatable bonds is 0. The van der Waals surface area contributed by atoms with Crippen molar-refractivity contribution in [2.24, 2.45) is 0 Å². The van der Waals surface area contributed by atoms with Gasteiger partial charge in [-0.1, -0.05) is 0 Å². The van der Waals surface area contributed by atoms with Crippen molar-refractivity contribution in [2.75, 3.05) is 0 Å². The fourth-order valence-electron chi connectivity index (χ4n) is 0.436. The second kappa shape index (κ2) is 1.66. The zero-order valence-electron chi connectivity index (χ0n) is 3.98. The molecule has 0 saturated carbocycles. The first-order valence-corrected chi connectivity index (χ1v) is 2.07. The Kier molecular flexibility index (Phi) is 1.01. The van der Waals surface area contributed by atoms with Gasteiger partial charge in [-0.2, -0.15) is 5.26 Å². The summed E-state index contributed by atoms with van der Waals surface area (Å²) in [7, 11) is 0. The highest BCUT2D eigenvalue weighted by atomic mass is 19.1. The lowest BCUT2D eigenvalue weighted by Gasteiger charge is -1.73. The van der Waals surface area contributed by atoms with E-state index in [-0.39, 0.29) is 5.69 Å². The van der Waals surface area contributed by atoms with E-state index >= 15 is 0 Å². The summed E-state index contributed by atoms with van der Waals surface area (Å²) in [6.07, 6.45) is 1.38. The molecule has 2 nitrogen and oxygen atoms in total. The Morgan fingerprint density at radius 2 is 2.50 bits per heavy atom. The van der Waals surface area contributed by atoms with Gasteiger partial charge in [0.1, 0.15) is 6.07 Å². The zero-order valence-corrected chi connectivity index (χ0v) is 3.98. The SMILES string of the molecule is N#Cc1[nH]ccc1F. The summed E-state index contributed by atoms with van der Waals surface area (Å²) < 4.78 is 12.1. The lowest BCUT2D eigenvalue weighted by molar-refractivity contribution is 0.625. The third-order valence-corrected chi connectivity index (χ3v) is 0.808. The summed E-state index contributed by atoms with van der Waals surface area (Å²) in [5, 5.41) is 8.09. The molecule has 3 heteroatoms. The van der Waals surface area contributed by atoms with Crippen LogP contribution in [0.4, 0.5) is 4.39 Å². The van der Waals surface area contributed by atoms with Crippen LogP contribution in [0.1, 0.15) is 5.69 Å². The van der Waals surface area contributed by atoms with Crippen LogP contribution in [-0.4, -0.2) is 4.98 Å². The van der Waals surface area contributed by atoms with E-state index in [4.69, 9.17) is 5.26 Å². The minimum absolute atomic E-state index is 0.00926. The highest BCUT2D eigenvalue weighted by molar-refractivity contribution is 5.21. The van der Waals surface area contributed by atoms with E-state index in [0.717, 1.165) is 0 Å². The normalized spacial score (nSPS) is 8.50. The average molecular weight is 110 g/mol. The predicted octanol–water partition coefficient (Wildman–Crippen LogP) is 1.03. The second-order valence-corrected chi connectivity index (χ2v) is 1.31. The number of aromatic nitrogens is 1. The van der Waals surface area contributed by atoms with Crippen LogP contribution in [0.5, 0.6) is 0 Å². The molecule has 1 aromatic rings. The first-order chi connectivity index (χ1) is 3.84. The number of hydrogen-bond donors (Lipinski definition) is 1. The molecule has 1 heterocycles. The van der Waals surface area contributed by atoms with Gasteiger partial charge in [-0.05, 0) is 6.07 Å². The van der Waals surface area contributed by atoms with Crippen molar-refractivity contribution < 1.29 is 4.39 Å². The van der Waals surface area contributed by atoms with E-state index in [0.29, 0.717) is 0 Å². The van der Waals surface area contributed by atoms with Crippen molar-refractivity contribution in [1.29, 1.82) is 5.26 Å². The van der Waals surface area contributed by atoms with E-state index in [9.17, 15) is 4.39 Å². The quantitative estimate of drug-likeness (QED) is 0.532. The van der Waals surface area contributed by atoms with Crippen LogP contribution in [-0.2, 0) is 0 Å². The maximum atomic E-state index is 12.1. The van der Waals surface area contributed by atoms with E-state index in [1.54, 1.807) is 6.07 Å². The fraction of sp³-hybridized carbons (Fsp3) is 0. The van der Waals surface area contributed by atoms with Crippen LogP contribution in [0.2, 0.25) is 0 Å². The lowest BCUT2D eigenvalue weighted by Crippen LogP contribution is -1.73. The standard InChI is InChI=1S/C5H3FN2/c6-4-1-2-8-5(4)3-7/h1-2,8H. The van der Waals surface area contributed by atoms with Crippen molar-refractivity contribution in [1.82, 2.24) is 4.98 Å². The highest BCUT2D eigenvalue weighted by Gasteiger charge is 1.96. The molecule has 0 spiro atoms. The van der Waals surface area contributed by atoms with Crippen LogP contribution in [0.15, 0.2) is 12.3 Å². The molecule has 0 aliphatic carbocycles. The third kappa shape index (κ3) is 0.562. The molecule has 40 valence electrons. The van der Waals surface area contributed by atoms with Gasteiger partial charge in [0, 0.05) is 6.20 Å². The number of hydrogen-bond acceptors (Lipinski definition) is 1. The molecule has 1 aromatic heterocycles. The monoisotopic (exact) mass is 110 g/mol. The number of halogens is 1. The van der Waals surface area contributed by atoms with Crippen molar-refractivity contribution >= 4 is 0 Å². The Hall–Kier alpha value is -1.30. The largest absolute Gasteiger partial charge is 0.351 e. The molecule has 0 unspecified atom stereocenters. The summed E-state index contributed by atoms with van der Waals surface area (Å²) >= 11 is 0. The Balaban J connectivity index is 3.15. The summed E-state index contributed by atoms with van der Waals surface area (Å²) in [5.41, 5.74) is -0.00926. The molecule has 0 saturated heterocycles. The van der Waals surface area contributed by atoms with Crippen LogP contribution < -0.4 is 0 Å². The molecule has 0 aliphatic rings. The van der Waals surface area contributed by atoms with E-state index in [2.05, 4.69) is 4.98 Å². The van der Waals surface area contributed by atoms with Crippen molar-refractivity contribution in [3.8, 4) is 6.07 Å². The topological polar surface area (TPSA) is 39.6 Å². The number of aromatic amines is 1. The smallest absolute Gasteiger partial charge is 0.158 e. The summed E-state index contributed by atoms with van der Waals surface area (Å²) in [6.45, 7) is 0. The van der Waals surface area contributed by atoms with Crippen molar-refractivity contribution in [2.45, 2.75) is 0 Å². The zero-order chi connectivity index (χ0) is 5.98. The second-order valence-electron chi connectivity index (χ2n) is 1.31. The molecular weight excluding hydrogens is 107 g/mol. The number of H-pyrrole nitrogens is 1. The molecule has 0 radical (unpaired) electrons. The van der Waals surface area contributed by atoms with E-state index < -0.39 is 5.82 Å². The van der Waals surface area contributed by atoms with E-state index in [1.807, 2.05) is 0 Å². The van der Waals surface area contributed by atoms with Gasteiger partial charge in [-0.3, -0.25) is 0 Å². The molecule has 0 fully saturated rings. The predicted molar refractivity (Wildman–Crippen MR) is 25.5 cm³/mol. The summed E-state index contributed by atoms with van der Waals surface area (Å²) in [5.74, 6) is -0.493. The average Bonchev–Trinajstić information content (AvgIpc) is 2.14. The lowest BCUT2D eigenvalue weighted by atomic mass is 10.5. The van der Waals surface area contributed by atoms with Crippen molar-refractivity contribution in [3.63, 3.8) is 0 Å². The molecule has 1 rings (SSSR count). The maximum Gasteiger partial charge on any atom is 0.158 e. The molecule has 0 atom stereocenters. The Bertz CT molecular complexity index is 221. The van der Waals surface area contributed by atoms with Gasteiger partial charge in [0.2, 0.25) is 0 Å². The fourth-order valence-corrected chi connectivity index (χ4v) is 0.436. The Labute approximate surface area is 45.6 Å². The molecule has 0 bridgehead atoms. The number of nitriles is 1. The first kappa shape index (κ1) is 4.85. The number of nitrogens with zero attached hydrogens (tertiary/aromatic N) is 1. The van der Waals surface area contributed by atoms with Crippen LogP contribution in [0.3, 0.4) is 0 Å². The maximum absolute atomic E-state index is 12.1. The molecule has 0 amide bonds. The summed E-state index contributed by atoms with van der Waals surface area (Å²) in [4.78, 5) is 2.42. The van der Waals surface area contributed by atoms with Crippen LogP contribution in [0, 0.1) is 17.1 Å². The van der Waals surface area contributed by atoms with Gasteiger partial charge in [-0.15, -0.1) is 0 Å². The Morgan fingerprint density at radius 3 is 2.75 bits per heavy atom. The highest BCUT2D eigenvalue weighted by Crippen LogP contribution is 1.99. The van der Waals surface area contributed by atoms with Gasteiger partial charge in [0.15, 0.2) is 11.5 Å². The first-order valence-electron chi connectivity index (χ1n) is 2.07. The van der Waals surface area contributed by atoms with Gasteiger partial charge in [0.25, 0.3) is 0 Å². The van der Waals surface area contributed by atoms with Crippen molar-refractivity contribution in [3.05, 3.63) is 23.8 Å². The van der Waals surface area contributed by atoms with Crippen LogP contribution >= 0.6 is 0 Å². The van der Waals surface area contributed by atoms with Crippen LogP contribution in [0.25, 0.3) is 0 Å². The molecule has 0 aromatic carbocycles. The van der Waals surface area contributed by atoms with Gasteiger partial charge in [-0.25, -0.2) is 4.39 Å². The van der Waals surface area contributed by atoms with Gasteiger partial charge < -0.3 is 4.98 Å². The third-order valence-electron chi connectivity index (χ3n) is 0.808. The molecule has 0 aliphatic heterocycles. The molecule has 1 N–H and O–H groups in total. The minimum atomic E-state index is -0.493. The minimum Gasteiger partial charge on any atom is -0.351 e. The molecular formula is C5H3FN2. The van der Waals surface area contributed by atoms with Gasteiger partial charge >= 0.3 is 0 Å². The molecule has 8 heavy (non-hydrogen) atoms. The van der Waals surface area contributed by atoms with E-state index in [1.165, 1.54) is 12.3 Å². The van der Waals surface area contributed by atoms with Gasteiger partial charge in [0.05, 0.1) is 0 Å². The summed E-state index contributed by atoms with van der Waals surface area (Å²) in [6, 6.07) is 2.85. The number of nitrogens with one attached hydrogen (secondary N) is 1. The Morgan fingerprint density at radius 1 is 1.75 bits per heavy atom.